The highest BCUT2D eigenvalue weighted by Gasteiger charge is 2.14. The van der Waals surface area contributed by atoms with E-state index in [-0.39, 0.29) is 0 Å². The number of amides is 2. The molecular weight excluding hydrogens is 266 g/mol. The first kappa shape index (κ1) is 17.2. The van der Waals surface area contributed by atoms with E-state index in [1.807, 2.05) is 32.0 Å². The van der Waals surface area contributed by atoms with Crippen LogP contribution in [0, 0.1) is 13.8 Å². The van der Waals surface area contributed by atoms with Crippen molar-refractivity contribution in [3.63, 3.8) is 0 Å². The van der Waals surface area contributed by atoms with E-state index >= 15 is 0 Å². The number of rotatable bonds is 6. The fourth-order valence-electron chi connectivity index (χ4n) is 2.08. The van der Waals surface area contributed by atoms with Crippen molar-refractivity contribution in [3.8, 4) is 0 Å². The van der Waals surface area contributed by atoms with Gasteiger partial charge in [-0.25, -0.2) is 0 Å². The fourth-order valence-corrected chi connectivity index (χ4v) is 2.08. The molecule has 0 saturated carbocycles. The molecule has 2 amide bonds. The van der Waals surface area contributed by atoms with Crippen molar-refractivity contribution in [2.24, 2.45) is 0 Å². The number of nitrogens with zero attached hydrogens (tertiary/aromatic N) is 1. The number of aryl methyl sites for hydroxylation is 2. The van der Waals surface area contributed by atoms with E-state index in [4.69, 9.17) is 0 Å². The van der Waals surface area contributed by atoms with Crippen molar-refractivity contribution in [1.82, 2.24) is 10.2 Å². The van der Waals surface area contributed by atoms with Crippen LogP contribution < -0.4 is 10.6 Å². The minimum Gasteiger partial charge on any atom is -0.347 e. The van der Waals surface area contributed by atoms with E-state index in [9.17, 15) is 9.59 Å². The predicted molar refractivity (Wildman–Crippen MR) is 85.3 cm³/mol. The molecule has 0 aliphatic heterocycles. The number of nitrogens with one attached hydrogen (secondary N) is 2. The van der Waals surface area contributed by atoms with Gasteiger partial charge in [-0.2, -0.15) is 0 Å². The maximum Gasteiger partial charge on any atom is 0.313 e. The molecule has 0 saturated heterocycles. The predicted octanol–water partition coefficient (Wildman–Crippen LogP) is 1.70. The van der Waals surface area contributed by atoms with Gasteiger partial charge in [-0.05, 0) is 38.6 Å². The molecule has 0 aliphatic rings. The second-order valence-corrected chi connectivity index (χ2v) is 5.06. The molecule has 5 heteroatoms. The van der Waals surface area contributed by atoms with Gasteiger partial charge in [0.2, 0.25) is 0 Å². The lowest BCUT2D eigenvalue weighted by Gasteiger charge is -2.17. The van der Waals surface area contributed by atoms with Crippen LogP contribution in [0.2, 0.25) is 0 Å². The quantitative estimate of drug-likeness (QED) is 0.784. The summed E-state index contributed by atoms with van der Waals surface area (Å²) >= 11 is 0. The third-order valence-electron chi connectivity index (χ3n) is 3.44. The summed E-state index contributed by atoms with van der Waals surface area (Å²) in [6.07, 6.45) is 0. The zero-order chi connectivity index (χ0) is 15.8. The van der Waals surface area contributed by atoms with E-state index in [2.05, 4.69) is 29.4 Å². The van der Waals surface area contributed by atoms with Crippen molar-refractivity contribution in [3.05, 3.63) is 29.3 Å². The van der Waals surface area contributed by atoms with Crippen LogP contribution >= 0.6 is 0 Å². The Balaban J connectivity index is 2.46. The lowest BCUT2D eigenvalue weighted by atomic mass is 10.1. The molecule has 5 nitrogen and oxygen atoms in total. The molecule has 116 valence electrons. The van der Waals surface area contributed by atoms with Crippen LogP contribution in [0.1, 0.15) is 25.0 Å². The second-order valence-electron chi connectivity index (χ2n) is 5.06. The third kappa shape index (κ3) is 5.55. The average molecular weight is 291 g/mol. The van der Waals surface area contributed by atoms with E-state index in [0.717, 1.165) is 30.8 Å². The Morgan fingerprint density at radius 2 is 1.76 bits per heavy atom. The van der Waals surface area contributed by atoms with Gasteiger partial charge in [0.1, 0.15) is 0 Å². The number of anilines is 1. The molecule has 0 unspecified atom stereocenters. The highest BCUT2D eigenvalue weighted by atomic mass is 16.2. The Kier molecular flexibility index (Phi) is 6.88. The minimum atomic E-state index is -0.624. The molecule has 0 bridgehead atoms. The van der Waals surface area contributed by atoms with Crippen molar-refractivity contribution in [2.45, 2.75) is 27.7 Å². The first-order valence-corrected chi connectivity index (χ1v) is 7.36. The van der Waals surface area contributed by atoms with E-state index < -0.39 is 11.8 Å². The maximum absolute atomic E-state index is 11.8. The molecule has 1 aromatic carbocycles. The van der Waals surface area contributed by atoms with Crippen LogP contribution in [-0.4, -0.2) is 42.9 Å². The summed E-state index contributed by atoms with van der Waals surface area (Å²) in [5.74, 6) is -1.22. The molecule has 0 aromatic heterocycles. The molecule has 2 N–H and O–H groups in total. The number of carbonyl (C=O) groups is 2. The SMILES string of the molecule is CCN(CC)CCNC(=O)C(=O)Nc1ccc(C)cc1C. The molecular formula is C16H25N3O2. The van der Waals surface area contributed by atoms with Gasteiger partial charge >= 0.3 is 11.8 Å². The van der Waals surface area contributed by atoms with Gasteiger partial charge in [0, 0.05) is 18.8 Å². The largest absolute Gasteiger partial charge is 0.347 e. The highest BCUT2D eigenvalue weighted by Crippen LogP contribution is 2.15. The smallest absolute Gasteiger partial charge is 0.313 e. The van der Waals surface area contributed by atoms with Crippen LogP contribution in [0.15, 0.2) is 18.2 Å². The Hall–Kier alpha value is -1.88. The molecule has 0 aliphatic carbocycles. The molecule has 0 radical (unpaired) electrons. The summed E-state index contributed by atoms with van der Waals surface area (Å²) in [6, 6.07) is 5.68. The van der Waals surface area contributed by atoms with Gasteiger partial charge < -0.3 is 15.5 Å². The average Bonchev–Trinajstić information content (AvgIpc) is 2.46. The fraction of sp³-hybridized carbons (Fsp3) is 0.500. The zero-order valence-electron chi connectivity index (χ0n) is 13.3. The summed E-state index contributed by atoms with van der Waals surface area (Å²) in [4.78, 5) is 25.8. The number of hydrogen-bond acceptors (Lipinski definition) is 3. The van der Waals surface area contributed by atoms with Gasteiger partial charge in [0.25, 0.3) is 0 Å². The number of carbonyl (C=O) groups excluding carboxylic acids is 2. The Morgan fingerprint density at radius 3 is 2.33 bits per heavy atom. The van der Waals surface area contributed by atoms with Gasteiger partial charge in [-0.1, -0.05) is 31.5 Å². The highest BCUT2D eigenvalue weighted by molar-refractivity contribution is 6.39. The Morgan fingerprint density at radius 1 is 1.10 bits per heavy atom. The van der Waals surface area contributed by atoms with Gasteiger partial charge in [0.15, 0.2) is 0 Å². The zero-order valence-corrected chi connectivity index (χ0v) is 13.3. The first-order valence-electron chi connectivity index (χ1n) is 7.36. The van der Waals surface area contributed by atoms with Crippen molar-refractivity contribution >= 4 is 17.5 Å². The molecule has 21 heavy (non-hydrogen) atoms. The molecule has 0 atom stereocenters. The lowest BCUT2D eigenvalue weighted by Crippen LogP contribution is -2.40. The molecule has 0 spiro atoms. The molecule has 0 fully saturated rings. The molecule has 0 heterocycles. The second kappa shape index (κ2) is 8.42. The monoisotopic (exact) mass is 291 g/mol. The summed E-state index contributed by atoms with van der Waals surface area (Å²) in [5.41, 5.74) is 2.73. The van der Waals surface area contributed by atoms with Crippen LogP contribution in [0.3, 0.4) is 0 Å². The summed E-state index contributed by atoms with van der Waals surface area (Å²) in [6.45, 7) is 11.1. The first-order chi connectivity index (χ1) is 9.97. The standard InChI is InChI=1S/C16H25N3O2/c1-5-19(6-2)10-9-17-15(20)16(21)18-14-8-7-12(3)11-13(14)4/h7-8,11H,5-6,9-10H2,1-4H3,(H,17,20)(H,18,21). The summed E-state index contributed by atoms with van der Waals surface area (Å²) in [5, 5.41) is 5.28. The summed E-state index contributed by atoms with van der Waals surface area (Å²) < 4.78 is 0. The normalized spacial score (nSPS) is 10.5. The Bertz CT molecular complexity index is 496. The number of benzene rings is 1. The maximum atomic E-state index is 11.8. The van der Waals surface area contributed by atoms with E-state index in [1.54, 1.807) is 0 Å². The van der Waals surface area contributed by atoms with E-state index in [1.165, 1.54) is 0 Å². The van der Waals surface area contributed by atoms with Crippen molar-refractivity contribution in [2.75, 3.05) is 31.5 Å². The molecule has 1 rings (SSSR count). The number of likely N-dealkylation sites (N-methyl/N-ethyl adjacent to an activating group) is 1. The minimum absolute atomic E-state index is 0.473. The third-order valence-corrected chi connectivity index (χ3v) is 3.44. The molecule has 1 aromatic rings. The van der Waals surface area contributed by atoms with Gasteiger partial charge in [-0.3, -0.25) is 9.59 Å². The van der Waals surface area contributed by atoms with Crippen LogP contribution in [0.25, 0.3) is 0 Å². The van der Waals surface area contributed by atoms with Gasteiger partial charge in [-0.15, -0.1) is 0 Å². The summed E-state index contributed by atoms with van der Waals surface area (Å²) in [7, 11) is 0. The van der Waals surface area contributed by atoms with Crippen LogP contribution in [-0.2, 0) is 9.59 Å². The lowest BCUT2D eigenvalue weighted by molar-refractivity contribution is -0.136. The van der Waals surface area contributed by atoms with Crippen molar-refractivity contribution in [1.29, 1.82) is 0 Å². The van der Waals surface area contributed by atoms with Crippen molar-refractivity contribution < 1.29 is 9.59 Å². The van der Waals surface area contributed by atoms with E-state index in [0.29, 0.717) is 12.2 Å². The van der Waals surface area contributed by atoms with Crippen LogP contribution in [0.5, 0.6) is 0 Å². The number of hydrogen-bond donors (Lipinski definition) is 2. The van der Waals surface area contributed by atoms with Gasteiger partial charge in [0.05, 0.1) is 0 Å². The Labute approximate surface area is 126 Å². The van der Waals surface area contributed by atoms with Crippen LogP contribution in [0.4, 0.5) is 5.69 Å². The topological polar surface area (TPSA) is 61.4 Å².